The summed E-state index contributed by atoms with van der Waals surface area (Å²) in [5.74, 6) is 0. The second kappa shape index (κ2) is 13.3. The Morgan fingerprint density at radius 1 is 0.353 bits per heavy atom. The van der Waals surface area contributed by atoms with E-state index in [-0.39, 0.29) is 16.7 Å². The average molecular weight is 667 g/mol. The summed E-state index contributed by atoms with van der Waals surface area (Å²) in [5, 5.41) is 3.10. The molecular formula is C50H35N. The van der Waals surface area contributed by atoms with Crippen molar-refractivity contribution in [2.75, 3.05) is 4.90 Å². The molecule has 0 aliphatic carbocycles. The summed E-state index contributed by atoms with van der Waals surface area (Å²) in [5.41, 5.74) is -1.96. The number of hydrogen-bond acceptors (Lipinski definition) is 1. The first-order valence-electron chi connectivity index (χ1n) is 24.6. The molecule has 0 bridgehead atoms. The average Bonchev–Trinajstić information content (AvgIpc) is 3.34. The van der Waals surface area contributed by atoms with Crippen LogP contribution in [-0.2, 0) is 0 Å². The summed E-state index contributed by atoms with van der Waals surface area (Å²) in [6.45, 7) is 0. The predicted molar refractivity (Wildman–Crippen MR) is 218 cm³/mol. The molecule has 9 aromatic rings. The standard InChI is InChI=1S/C50H35N/c1-3-12-36(13-4-1)38-24-29-45(30-25-38)51(47-20-11-19-43(35-47)44-23-22-37-14-7-8-18-42(37)34-44)46-31-26-40(27-32-46)49-33-28-39-15-9-10-21-48(39)50(49)41-16-5-2-6-17-41/h1-35H/i1D,3D,4D,11D,12D,13D,19D,20D,24D,25D,26D,27D,29D,30D,31D,32D,35D. The van der Waals surface area contributed by atoms with Gasteiger partial charge in [0.15, 0.2) is 0 Å². The van der Waals surface area contributed by atoms with Crippen LogP contribution in [0.1, 0.15) is 23.3 Å². The van der Waals surface area contributed by atoms with Crippen molar-refractivity contribution in [2.24, 2.45) is 0 Å². The Kier molecular flexibility index (Phi) is 4.51. The Labute approximate surface area is 323 Å². The van der Waals surface area contributed by atoms with Crippen LogP contribution < -0.4 is 4.90 Å². The summed E-state index contributed by atoms with van der Waals surface area (Å²) < 4.78 is 155. The van der Waals surface area contributed by atoms with E-state index in [9.17, 15) is 13.7 Å². The Morgan fingerprint density at radius 2 is 0.961 bits per heavy atom. The maximum atomic E-state index is 9.77. The summed E-state index contributed by atoms with van der Waals surface area (Å²) in [6.07, 6.45) is 0. The lowest BCUT2D eigenvalue weighted by Gasteiger charge is -2.26. The molecule has 0 saturated carbocycles. The SMILES string of the molecule is [2H]c1c([2H])c([2H])c(-c2c([2H])c([2H])c(N(c3c([2H])c([2H])c(-c4ccc5ccccc5c4-c4ccccc4)c([2H])c3[2H])c3c([2H])c([2H])c([2H])c(-c4ccc5ccccc5c4)c3[2H])c([2H])c2[2H])c([2H])c1[2H]. The van der Waals surface area contributed by atoms with E-state index in [2.05, 4.69) is 0 Å². The molecule has 240 valence electrons. The van der Waals surface area contributed by atoms with Crippen LogP contribution in [0.5, 0.6) is 0 Å². The zero-order valence-electron chi connectivity index (χ0n) is 43.8. The lowest BCUT2D eigenvalue weighted by Crippen LogP contribution is -2.10. The fourth-order valence-electron chi connectivity index (χ4n) is 6.14. The van der Waals surface area contributed by atoms with Crippen LogP contribution in [0.15, 0.2) is 212 Å². The largest absolute Gasteiger partial charge is 0.310 e. The molecule has 1 nitrogen and oxygen atoms in total. The maximum absolute atomic E-state index is 9.77. The van der Waals surface area contributed by atoms with Gasteiger partial charge in [-0.15, -0.1) is 0 Å². The normalized spacial score (nSPS) is 15.8. The molecular weight excluding hydrogens is 615 g/mol. The van der Waals surface area contributed by atoms with Crippen LogP contribution >= 0.6 is 0 Å². The van der Waals surface area contributed by atoms with Crippen molar-refractivity contribution < 1.29 is 23.3 Å². The molecule has 9 rings (SSSR count). The highest BCUT2D eigenvalue weighted by Gasteiger charge is 2.16. The quantitative estimate of drug-likeness (QED) is 0.164. The molecule has 0 atom stereocenters. The Balaban J connectivity index is 1.41. The molecule has 0 heterocycles. The highest BCUT2D eigenvalue weighted by Crippen LogP contribution is 2.41. The van der Waals surface area contributed by atoms with Crippen LogP contribution in [0.2, 0.25) is 0 Å². The van der Waals surface area contributed by atoms with Crippen LogP contribution in [0.25, 0.3) is 66.1 Å². The summed E-state index contributed by atoms with van der Waals surface area (Å²) in [6, 6.07) is 19.0. The van der Waals surface area contributed by atoms with Crippen molar-refractivity contribution in [3.8, 4) is 44.5 Å². The summed E-state index contributed by atoms with van der Waals surface area (Å²) in [7, 11) is 0. The lowest BCUT2D eigenvalue weighted by molar-refractivity contribution is 1.28. The van der Waals surface area contributed by atoms with E-state index in [1.54, 1.807) is 42.5 Å². The first-order chi connectivity index (χ1) is 32.4. The van der Waals surface area contributed by atoms with E-state index in [0.717, 1.165) is 21.1 Å². The topological polar surface area (TPSA) is 3.24 Å². The fourth-order valence-corrected chi connectivity index (χ4v) is 6.14. The van der Waals surface area contributed by atoms with Crippen LogP contribution in [0, 0.1) is 0 Å². The second-order valence-corrected chi connectivity index (χ2v) is 11.6. The number of fused-ring (bicyclic) bond motifs is 2. The van der Waals surface area contributed by atoms with Crippen LogP contribution in [0.4, 0.5) is 17.1 Å². The summed E-state index contributed by atoms with van der Waals surface area (Å²) in [4.78, 5) is 0.724. The Hall–Kier alpha value is -6.70. The van der Waals surface area contributed by atoms with Gasteiger partial charge in [-0.1, -0.05) is 170 Å². The third kappa shape index (κ3) is 5.96. The third-order valence-corrected chi connectivity index (χ3v) is 8.56. The number of anilines is 3. The van der Waals surface area contributed by atoms with Gasteiger partial charge in [0.2, 0.25) is 0 Å². The molecule has 0 aliphatic rings. The third-order valence-electron chi connectivity index (χ3n) is 8.56. The van der Waals surface area contributed by atoms with Crippen molar-refractivity contribution in [3.05, 3.63) is 212 Å². The van der Waals surface area contributed by atoms with E-state index in [1.165, 1.54) is 0 Å². The second-order valence-electron chi connectivity index (χ2n) is 11.6. The van der Waals surface area contributed by atoms with Crippen molar-refractivity contribution in [3.63, 3.8) is 0 Å². The van der Waals surface area contributed by atoms with Gasteiger partial charge < -0.3 is 4.90 Å². The highest BCUT2D eigenvalue weighted by molar-refractivity contribution is 6.04. The minimum atomic E-state index is -0.970. The van der Waals surface area contributed by atoms with Crippen molar-refractivity contribution >= 4 is 38.6 Å². The van der Waals surface area contributed by atoms with Crippen LogP contribution in [-0.4, -0.2) is 0 Å². The zero-order chi connectivity index (χ0) is 48.8. The highest BCUT2D eigenvalue weighted by atomic mass is 15.1. The van der Waals surface area contributed by atoms with Gasteiger partial charge in [0.1, 0.15) is 0 Å². The van der Waals surface area contributed by atoms with Gasteiger partial charge >= 0.3 is 0 Å². The fraction of sp³-hybridized carbons (Fsp3) is 0. The monoisotopic (exact) mass is 666 g/mol. The zero-order valence-corrected chi connectivity index (χ0v) is 26.8. The van der Waals surface area contributed by atoms with E-state index in [0.29, 0.717) is 22.1 Å². The van der Waals surface area contributed by atoms with Crippen LogP contribution in [0.3, 0.4) is 0 Å². The van der Waals surface area contributed by atoms with Crippen molar-refractivity contribution in [2.45, 2.75) is 0 Å². The van der Waals surface area contributed by atoms with E-state index >= 15 is 0 Å². The van der Waals surface area contributed by atoms with Gasteiger partial charge in [0.05, 0.1) is 23.3 Å². The van der Waals surface area contributed by atoms with E-state index < -0.39 is 131 Å². The number of nitrogens with zero attached hydrogens (tertiary/aromatic N) is 1. The van der Waals surface area contributed by atoms with Gasteiger partial charge in [-0.25, -0.2) is 0 Å². The molecule has 0 N–H and O–H groups in total. The number of benzene rings is 9. The molecule has 1 heteroatoms. The van der Waals surface area contributed by atoms with Gasteiger partial charge in [-0.3, -0.25) is 0 Å². The smallest absolute Gasteiger partial charge is 0.0651 e. The minimum Gasteiger partial charge on any atom is -0.310 e. The molecule has 0 fully saturated rings. The molecule has 0 aliphatic heterocycles. The Bertz CT molecular complexity index is 3530. The van der Waals surface area contributed by atoms with Gasteiger partial charge in [0.25, 0.3) is 0 Å². The molecule has 0 unspecified atom stereocenters. The number of rotatable bonds is 7. The first kappa shape index (κ1) is 17.3. The van der Waals surface area contributed by atoms with Gasteiger partial charge in [0, 0.05) is 17.1 Å². The van der Waals surface area contributed by atoms with Crippen molar-refractivity contribution in [1.82, 2.24) is 0 Å². The minimum absolute atomic E-state index is 0.138. The molecule has 0 aromatic heterocycles. The maximum Gasteiger partial charge on any atom is 0.0651 e. The predicted octanol–water partition coefficient (Wildman–Crippen LogP) is 14.1. The van der Waals surface area contributed by atoms with E-state index in [4.69, 9.17) is 9.60 Å². The Morgan fingerprint density at radius 3 is 1.73 bits per heavy atom. The molecule has 9 aromatic carbocycles. The molecule has 0 radical (unpaired) electrons. The molecule has 0 amide bonds. The van der Waals surface area contributed by atoms with Gasteiger partial charge in [-0.2, -0.15) is 0 Å². The van der Waals surface area contributed by atoms with E-state index in [1.807, 2.05) is 66.7 Å². The summed E-state index contributed by atoms with van der Waals surface area (Å²) >= 11 is 0. The molecule has 0 saturated heterocycles. The van der Waals surface area contributed by atoms with Crippen molar-refractivity contribution in [1.29, 1.82) is 0 Å². The lowest BCUT2D eigenvalue weighted by atomic mass is 9.90. The molecule has 51 heavy (non-hydrogen) atoms. The van der Waals surface area contributed by atoms with Gasteiger partial charge in [-0.05, 0) is 108 Å². The first-order valence-corrected chi connectivity index (χ1v) is 16.1. The molecule has 0 spiro atoms. The number of hydrogen-bond donors (Lipinski definition) is 0.